The fourth-order valence-corrected chi connectivity index (χ4v) is 1.97. The van der Waals surface area contributed by atoms with Crippen LogP contribution in [0.2, 0.25) is 0 Å². The van der Waals surface area contributed by atoms with Crippen molar-refractivity contribution in [1.82, 2.24) is 9.78 Å². The Balaban J connectivity index is 1.87. The van der Waals surface area contributed by atoms with E-state index in [0.717, 1.165) is 24.5 Å². The summed E-state index contributed by atoms with van der Waals surface area (Å²) in [6, 6.07) is 2.56. The summed E-state index contributed by atoms with van der Waals surface area (Å²) in [6.07, 6.45) is 4.84. The molecule has 0 amide bonds. The summed E-state index contributed by atoms with van der Waals surface area (Å²) >= 11 is 0. The average Bonchev–Trinajstić information content (AvgIpc) is 2.90. The normalized spacial score (nSPS) is 18.5. The Hall–Kier alpha value is -0.830. The molecule has 0 saturated heterocycles. The van der Waals surface area contributed by atoms with Crippen molar-refractivity contribution in [2.75, 3.05) is 0 Å². The molecule has 3 heteroatoms. The zero-order valence-corrected chi connectivity index (χ0v) is 9.03. The Morgan fingerprint density at radius 3 is 2.86 bits per heavy atom. The molecule has 1 unspecified atom stereocenters. The Morgan fingerprint density at radius 2 is 2.36 bits per heavy atom. The second-order valence-electron chi connectivity index (χ2n) is 4.44. The lowest BCUT2D eigenvalue weighted by Crippen LogP contribution is -2.23. The highest BCUT2D eigenvalue weighted by Crippen LogP contribution is 2.33. The van der Waals surface area contributed by atoms with Crippen molar-refractivity contribution in [3.05, 3.63) is 17.5 Å². The minimum Gasteiger partial charge on any atom is -0.327 e. The highest BCUT2D eigenvalue weighted by Gasteiger charge is 2.28. The first-order valence-corrected chi connectivity index (χ1v) is 5.42. The number of hydrogen-bond donors (Lipinski definition) is 1. The van der Waals surface area contributed by atoms with Gasteiger partial charge in [0.15, 0.2) is 0 Å². The zero-order valence-electron chi connectivity index (χ0n) is 9.03. The van der Waals surface area contributed by atoms with Gasteiger partial charge >= 0.3 is 0 Å². The highest BCUT2D eigenvalue weighted by atomic mass is 15.3. The zero-order chi connectivity index (χ0) is 10.1. The van der Waals surface area contributed by atoms with E-state index in [1.165, 1.54) is 18.5 Å². The Kier molecular flexibility index (Phi) is 2.59. The molecule has 1 saturated carbocycles. The predicted octanol–water partition coefficient (Wildman–Crippen LogP) is 1.40. The third-order valence-corrected chi connectivity index (χ3v) is 3.06. The predicted molar refractivity (Wildman–Crippen MR) is 57.0 cm³/mol. The van der Waals surface area contributed by atoms with Crippen LogP contribution in [0.4, 0.5) is 0 Å². The molecule has 1 aliphatic carbocycles. The average molecular weight is 193 g/mol. The van der Waals surface area contributed by atoms with E-state index in [1.54, 1.807) is 0 Å². The molecule has 1 aromatic rings. The molecule has 0 spiro atoms. The van der Waals surface area contributed by atoms with E-state index in [9.17, 15) is 0 Å². The first-order chi connectivity index (χ1) is 6.66. The molecule has 2 rings (SSSR count). The number of aromatic nitrogens is 2. The molecule has 0 radical (unpaired) electrons. The minimum atomic E-state index is 0.408. The molecule has 2 N–H and O–H groups in total. The van der Waals surface area contributed by atoms with Gasteiger partial charge in [0.25, 0.3) is 0 Å². The number of nitrogens with two attached hydrogens (primary N) is 1. The smallest absolute Gasteiger partial charge is 0.0596 e. The second-order valence-corrected chi connectivity index (χ2v) is 4.44. The van der Waals surface area contributed by atoms with E-state index in [4.69, 9.17) is 5.73 Å². The maximum atomic E-state index is 6.05. The number of hydrogen-bond acceptors (Lipinski definition) is 2. The van der Waals surface area contributed by atoms with Crippen molar-refractivity contribution in [2.24, 2.45) is 18.7 Å². The first-order valence-electron chi connectivity index (χ1n) is 5.42. The van der Waals surface area contributed by atoms with Crippen LogP contribution >= 0.6 is 0 Å². The molecule has 1 heterocycles. The fraction of sp³-hybridized carbons (Fsp3) is 0.727. The molecule has 0 aromatic carbocycles. The van der Waals surface area contributed by atoms with Gasteiger partial charge in [0.1, 0.15) is 0 Å². The lowest BCUT2D eigenvalue weighted by Gasteiger charge is -2.09. The third-order valence-electron chi connectivity index (χ3n) is 3.06. The maximum absolute atomic E-state index is 6.05. The number of rotatable bonds is 4. The summed E-state index contributed by atoms with van der Waals surface area (Å²) in [5.74, 6) is 0.810. The Labute approximate surface area is 85.3 Å². The van der Waals surface area contributed by atoms with Crippen LogP contribution in [-0.2, 0) is 13.5 Å². The van der Waals surface area contributed by atoms with Gasteiger partial charge in [-0.25, -0.2) is 0 Å². The van der Waals surface area contributed by atoms with Gasteiger partial charge in [0.05, 0.1) is 5.69 Å². The standard InChI is InChI=1S/C11H19N3/c1-8-7-10(14(2)13-8)5-6-11(12)9-3-4-9/h7,9,11H,3-6,12H2,1-2H3. The number of nitrogens with zero attached hydrogens (tertiary/aromatic N) is 2. The molecule has 1 aromatic heterocycles. The summed E-state index contributed by atoms with van der Waals surface area (Å²) in [7, 11) is 2.00. The summed E-state index contributed by atoms with van der Waals surface area (Å²) in [6.45, 7) is 2.03. The molecule has 1 aliphatic rings. The molecule has 78 valence electrons. The molecule has 3 nitrogen and oxygen atoms in total. The maximum Gasteiger partial charge on any atom is 0.0596 e. The van der Waals surface area contributed by atoms with Crippen LogP contribution in [0.5, 0.6) is 0 Å². The van der Waals surface area contributed by atoms with Gasteiger partial charge in [0, 0.05) is 18.8 Å². The van der Waals surface area contributed by atoms with E-state index < -0.39 is 0 Å². The summed E-state index contributed by atoms with van der Waals surface area (Å²) in [5, 5.41) is 4.33. The van der Waals surface area contributed by atoms with Gasteiger partial charge in [-0.05, 0) is 44.6 Å². The summed E-state index contributed by atoms with van der Waals surface area (Å²) < 4.78 is 1.97. The Morgan fingerprint density at radius 1 is 1.64 bits per heavy atom. The van der Waals surface area contributed by atoms with Gasteiger partial charge in [-0.15, -0.1) is 0 Å². The molecule has 1 atom stereocenters. The monoisotopic (exact) mass is 193 g/mol. The van der Waals surface area contributed by atoms with E-state index in [-0.39, 0.29) is 0 Å². The van der Waals surface area contributed by atoms with Gasteiger partial charge in [-0.2, -0.15) is 5.10 Å². The van der Waals surface area contributed by atoms with E-state index in [1.807, 2.05) is 18.7 Å². The summed E-state index contributed by atoms with van der Waals surface area (Å²) in [5.41, 5.74) is 8.46. The molecule has 14 heavy (non-hydrogen) atoms. The lowest BCUT2D eigenvalue weighted by atomic mass is 10.1. The van der Waals surface area contributed by atoms with Crippen LogP contribution in [0.15, 0.2) is 6.07 Å². The SMILES string of the molecule is Cc1cc(CCC(N)C2CC2)n(C)n1. The van der Waals surface area contributed by atoms with Crippen LogP contribution in [0.3, 0.4) is 0 Å². The topological polar surface area (TPSA) is 43.8 Å². The van der Waals surface area contributed by atoms with Gasteiger partial charge in [0.2, 0.25) is 0 Å². The van der Waals surface area contributed by atoms with E-state index in [0.29, 0.717) is 6.04 Å². The molecule has 0 bridgehead atoms. The van der Waals surface area contributed by atoms with Crippen molar-refractivity contribution in [2.45, 2.75) is 38.6 Å². The second kappa shape index (κ2) is 3.73. The van der Waals surface area contributed by atoms with Crippen molar-refractivity contribution < 1.29 is 0 Å². The molecular weight excluding hydrogens is 174 g/mol. The van der Waals surface area contributed by atoms with Crippen LogP contribution < -0.4 is 5.73 Å². The Bertz CT molecular complexity index is 312. The van der Waals surface area contributed by atoms with E-state index in [2.05, 4.69) is 11.2 Å². The van der Waals surface area contributed by atoms with E-state index >= 15 is 0 Å². The van der Waals surface area contributed by atoms with Gasteiger partial charge < -0.3 is 5.73 Å². The van der Waals surface area contributed by atoms with Crippen molar-refractivity contribution >= 4 is 0 Å². The quantitative estimate of drug-likeness (QED) is 0.785. The molecular formula is C11H19N3. The van der Waals surface area contributed by atoms with Crippen molar-refractivity contribution in [1.29, 1.82) is 0 Å². The molecule has 1 fully saturated rings. The number of aryl methyl sites for hydroxylation is 3. The van der Waals surface area contributed by atoms with Crippen LogP contribution in [0.1, 0.15) is 30.7 Å². The fourth-order valence-electron chi connectivity index (χ4n) is 1.97. The highest BCUT2D eigenvalue weighted by molar-refractivity contribution is 5.09. The van der Waals surface area contributed by atoms with Gasteiger partial charge in [-0.1, -0.05) is 0 Å². The third kappa shape index (κ3) is 2.15. The lowest BCUT2D eigenvalue weighted by molar-refractivity contribution is 0.537. The largest absolute Gasteiger partial charge is 0.327 e. The van der Waals surface area contributed by atoms with Crippen molar-refractivity contribution in [3.63, 3.8) is 0 Å². The van der Waals surface area contributed by atoms with Crippen LogP contribution in [0, 0.1) is 12.8 Å². The molecule has 0 aliphatic heterocycles. The first kappa shape index (κ1) is 9.71. The van der Waals surface area contributed by atoms with Gasteiger partial charge in [-0.3, -0.25) is 4.68 Å². The minimum absolute atomic E-state index is 0.408. The van der Waals surface area contributed by atoms with Crippen LogP contribution in [-0.4, -0.2) is 15.8 Å². The van der Waals surface area contributed by atoms with Crippen LogP contribution in [0.25, 0.3) is 0 Å². The summed E-state index contributed by atoms with van der Waals surface area (Å²) in [4.78, 5) is 0. The van der Waals surface area contributed by atoms with Crippen molar-refractivity contribution in [3.8, 4) is 0 Å².